The fraction of sp³-hybridized carbons (Fsp3) is 0.312. The topological polar surface area (TPSA) is 37.4 Å². The first-order valence-electron chi connectivity index (χ1n) is 6.97. The van der Waals surface area contributed by atoms with Crippen LogP contribution in [-0.2, 0) is 10.0 Å². The van der Waals surface area contributed by atoms with Gasteiger partial charge in [-0.3, -0.25) is 0 Å². The summed E-state index contributed by atoms with van der Waals surface area (Å²) in [6, 6.07) is 6.72. The van der Waals surface area contributed by atoms with Crippen molar-refractivity contribution in [2.24, 2.45) is 0 Å². The van der Waals surface area contributed by atoms with Crippen LogP contribution in [0.5, 0.6) is 0 Å². The van der Waals surface area contributed by atoms with E-state index < -0.39 is 10.0 Å². The van der Waals surface area contributed by atoms with Crippen molar-refractivity contribution < 1.29 is 8.42 Å². The van der Waals surface area contributed by atoms with Crippen LogP contribution in [-0.4, -0.2) is 36.4 Å². The van der Waals surface area contributed by atoms with E-state index in [-0.39, 0.29) is 10.9 Å². The Morgan fingerprint density at radius 3 is 2.50 bits per heavy atom. The minimum atomic E-state index is -3.49. The summed E-state index contributed by atoms with van der Waals surface area (Å²) < 4.78 is 26.4. The van der Waals surface area contributed by atoms with E-state index in [4.69, 9.17) is 12.2 Å². The van der Waals surface area contributed by atoms with Crippen molar-refractivity contribution in [2.75, 3.05) is 12.8 Å². The number of sulfonamides is 1. The average molecular weight is 354 g/mol. The first-order valence-corrected chi connectivity index (χ1v) is 9.45. The van der Waals surface area contributed by atoms with Gasteiger partial charge >= 0.3 is 0 Å². The lowest BCUT2D eigenvalue weighted by molar-refractivity contribution is 0.415. The summed E-state index contributed by atoms with van der Waals surface area (Å²) >= 11 is 9.51. The summed E-state index contributed by atoms with van der Waals surface area (Å²) in [5.74, 6) is 0.474. The van der Waals surface area contributed by atoms with Gasteiger partial charge < -0.3 is 0 Å². The van der Waals surface area contributed by atoms with E-state index in [1.807, 2.05) is 37.3 Å². The van der Waals surface area contributed by atoms with E-state index in [2.05, 4.69) is 12.6 Å². The summed E-state index contributed by atoms with van der Waals surface area (Å²) in [4.78, 5) is 1.16. The standard InChI is InChI=1S/C16H19NO2S3/c1-12(11-20)17(2)22(18,19)14-9-7-13(8-10-14)15-5-3-4-6-16(15)21/h3-5,7-10,12,20H,6,11H2,1-2H3/t12-/m1/s1. The largest absolute Gasteiger partial charge is 0.243 e. The van der Waals surface area contributed by atoms with Gasteiger partial charge in [-0.2, -0.15) is 16.9 Å². The maximum Gasteiger partial charge on any atom is 0.243 e. The molecule has 0 radical (unpaired) electrons. The molecule has 0 saturated heterocycles. The van der Waals surface area contributed by atoms with Gasteiger partial charge in [0.2, 0.25) is 10.0 Å². The Balaban J connectivity index is 2.31. The van der Waals surface area contributed by atoms with Crippen LogP contribution < -0.4 is 0 Å². The Bertz CT molecular complexity index is 718. The minimum Gasteiger partial charge on any atom is -0.207 e. The zero-order valence-corrected chi connectivity index (χ0v) is 15.1. The molecule has 0 N–H and O–H groups in total. The third-order valence-corrected chi connectivity index (χ3v) is 6.63. The number of hydrogen-bond acceptors (Lipinski definition) is 4. The first kappa shape index (κ1) is 17.4. The molecule has 0 fully saturated rings. The smallest absolute Gasteiger partial charge is 0.207 e. The van der Waals surface area contributed by atoms with Gasteiger partial charge in [-0.05, 0) is 30.2 Å². The highest BCUT2D eigenvalue weighted by Crippen LogP contribution is 2.24. The highest BCUT2D eigenvalue weighted by Gasteiger charge is 2.24. The second-order valence-electron chi connectivity index (χ2n) is 5.21. The highest BCUT2D eigenvalue weighted by atomic mass is 32.2. The van der Waals surface area contributed by atoms with E-state index in [1.165, 1.54) is 4.31 Å². The molecule has 3 nitrogen and oxygen atoms in total. The summed E-state index contributed by atoms with van der Waals surface area (Å²) in [6.07, 6.45) is 6.70. The van der Waals surface area contributed by atoms with Crippen molar-refractivity contribution >= 4 is 45.3 Å². The molecule has 6 heteroatoms. The Morgan fingerprint density at radius 2 is 1.95 bits per heavy atom. The molecule has 1 aliphatic rings. The summed E-state index contributed by atoms with van der Waals surface area (Å²) in [6.45, 7) is 1.83. The molecule has 0 saturated carbocycles. The van der Waals surface area contributed by atoms with E-state index >= 15 is 0 Å². The fourth-order valence-corrected chi connectivity index (χ4v) is 4.12. The third-order valence-electron chi connectivity index (χ3n) is 3.73. The molecule has 22 heavy (non-hydrogen) atoms. The van der Waals surface area contributed by atoms with Gasteiger partial charge in [0.25, 0.3) is 0 Å². The zero-order valence-electron chi connectivity index (χ0n) is 12.6. The van der Waals surface area contributed by atoms with E-state index in [9.17, 15) is 8.42 Å². The number of benzene rings is 1. The van der Waals surface area contributed by atoms with Gasteiger partial charge in [-0.25, -0.2) is 8.42 Å². The molecule has 0 spiro atoms. The average Bonchev–Trinajstić information content (AvgIpc) is 2.54. The Morgan fingerprint density at radius 1 is 1.32 bits per heavy atom. The van der Waals surface area contributed by atoms with Gasteiger partial charge in [0.15, 0.2) is 0 Å². The normalized spacial score (nSPS) is 16.7. The lowest BCUT2D eigenvalue weighted by atomic mass is 9.97. The van der Waals surface area contributed by atoms with Gasteiger partial charge in [0, 0.05) is 30.1 Å². The Labute approximate surface area is 143 Å². The Kier molecular flexibility index (Phi) is 5.60. The molecule has 1 atom stereocenters. The summed E-state index contributed by atoms with van der Waals surface area (Å²) in [5, 5.41) is 0. The predicted octanol–water partition coefficient (Wildman–Crippen LogP) is 3.34. The quantitative estimate of drug-likeness (QED) is 0.652. The van der Waals surface area contributed by atoms with Gasteiger partial charge in [-0.15, -0.1) is 0 Å². The first-order chi connectivity index (χ1) is 10.4. The van der Waals surface area contributed by atoms with Crippen molar-refractivity contribution in [2.45, 2.75) is 24.3 Å². The predicted molar refractivity (Wildman–Crippen MR) is 99.0 cm³/mol. The molecule has 0 unspecified atom stereocenters. The van der Waals surface area contributed by atoms with Crippen molar-refractivity contribution in [3.63, 3.8) is 0 Å². The number of allylic oxidation sites excluding steroid dienone is 4. The van der Waals surface area contributed by atoms with Crippen LogP contribution in [0.4, 0.5) is 0 Å². The Hall–Kier alpha value is -0.950. The van der Waals surface area contributed by atoms with Crippen LogP contribution in [0.2, 0.25) is 0 Å². The van der Waals surface area contributed by atoms with Crippen LogP contribution in [0.3, 0.4) is 0 Å². The molecule has 2 rings (SSSR count). The van der Waals surface area contributed by atoms with Crippen molar-refractivity contribution in [3.8, 4) is 0 Å². The second-order valence-corrected chi connectivity index (χ2v) is 8.07. The van der Waals surface area contributed by atoms with Gasteiger partial charge in [-0.1, -0.05) is 42.6 Å². The van der Waals surface area contributed by atoms with Gasteiger partial charge in [0.05, 0.1) is 4.90 Å². The number of thiocarbonyl (C=S) groups is 1. The lowest BCUT2D eigenvalue weighted by Crippen LogP contribution is -2.36. The lowest BCUT2D eigenvalue weighted by Gasteiger charge is -2.23. The SMILES string of the molecule is C[C@H](CS)N(C)S(=O)(=O)c1ccc(C2=CC=CCC2=S)cc1. The van der Waals surface area contributed by atoms with Crippen LogP contribution in [0.15, 0.2) is 47.4 Å². The third kappa shape index (κ3) is 3.51. The molecule has 0 aliphatic heterocycles. The maximum absolute atomic E-state index is 12.5. The molecule has 0 heterocycles. The second kappa shape index (κ2) is 7.08. The molecule has 0 amide bonds. The molecule has 118 valence electrons. The molecule has 1 aliphatic carbocycles. The van der Waals surface area contributed by atoms with Crippen molar-refractivity contribution in [3.05, 3.63) is 48.1 Å². The molecule has 1 aromatic rings. The fourth-order valence-electron chi connectivity index (χ4n) is 2.12. The highest BCUT2D eigenvalue weighted by molar-refractivity contribution is 7.89. The number of rotatable bonds is 5. The molecule has 0 aromatic heterocycles. The van der Waals surface area contributed by atoms with Gasteiger partial charge in [0.1, 0.15) is 0 Å². The number of hydrogen-bond donors (Lipinski definition) is 1. The molecule has 1 aromatic carbocycles. The van der Waals surface area contributed by atoms with Crippen LogP contribution in [0.1, 0.15) is 18.9 Å². The van der Waals surface area contributed by atoms with Crippen molar-refractivity contribution in [1.82, 2.24) is 4.31 Å². The van der Waals surface area contributed by atoms with E-state index in [0.29, 0.717) is 5.75 Å². The van der Waals surface area contributed by atoms with E-state index in [1.54, 1.807) is 19.2 Å². The summed E-state index contributed by atoms with van der Waals surface area (Å²) in [5.41, 5.74) is 1.93. The van der Waals surface area contributed by atoms with E-state index in [0.717, 1.165) is 22.4 Å². The number of nitrogens with zero attached hydrogens (tertiary/aromatic N) is 1. The molecular weight excluding hydrogens is 334 g/mol. The monoisotopic (exact) mass is 353 g/mol. The van der Waals surface area contributed by atoms with Crippen LogP contribution in [0.25, 0.3) is 5.57 Å². The minimum absolute atomic E-state index is 0.160. The zero-order chi connectivity index (χ0) is 16.3. The summed E-state index contributed by atoms with van der Waals surface area (Å²) in [7, 11) is -1.92. The van der Waals surface area contributed by atoms with Crippen LogP contribution in [0, 0.1) is 0 Å². The number of thiol groups is 1. The molecule has 0 bridgehead atoms. The van der Waals surface area contributed by atoms with Crippen LogP contribution >= 0.6 is 24.8 Å². The molecular formula is C16H19NO2S3. The van der Waals surface area contributed by atoms with Crippen molar-refractivity contribution in [1.29, 1.82) is 0 Å². The maximum atomic E-state index is 12.5.